The van der Waals surface area contributed by atoms with Crippen LogP contribution in [-0.4, -0.2) is 30.6 Å². The van der Waals surface area contributed by atoms with Gasteiger partial charge >= 0.3 is 0 Å². The molecule has 2 amide bonds. The molecule has 3 aliphatic heterocycles. The van der Waals surface area contributed by atoms with E-state index in [1.807, 2.05) is 36.4 Å². The highest BCUT2D eigenvalue weighted by Gasteiger charge is 2.63. The van der Waals surface area contributed by atoms with Crippen LogP contribution in [0.25, 0.3) is 0 Å². The van der Waals surface area contributed by atoms with Gasteiger partial charge in [0.15, 0.2) is 11.5 Å². The number of rotatable bonds is 1. The predicted molar refractivity (Wildman–Crippen MR) is 103 cm³/mol. The van der Waals surface area contributed by atoms with E-state index in [-0.39, 0.29) is 11.8 Å². The Hall–Kier alpha value is -3.06. The molecule has 5 rings (SSSR count). The van der Waals surface area contributed by atoms with Crippen LogP contribution in [0.15, 0.2) is 42.5 Å². The highest BCUT2D eigenvalue weighted by Crippen LogP contribution is 2.50. The maximum Gasteiger partial charge on any atom is 0.270 e. The van der Waals surface area contributed by atoms with Crippen molar-refractivity contribution in [2.24, 2.45) is 0 Å². The Labute approximate surface area is 162 Å². The quantitative estimate of drug-likeness (QED) is 0.795. The van der Waals surface area contributed by atoms with E-state index in [2.05, 4.69) is 10.6 Å². The van der Waals surface area contributed by atoms with Crippen molar-refractivity contribution in [2.45, 2.75) is 31.5 Å². The predicted octanol–water partition coefficient (Wildman–Crippen LogP) is 2.37. The molecule has 7 nitrogen and oxygen atoms in total. The highest BCUT2D eigenvalue weighted by molar-refractivity contribution is 6.17. The first kappa shape index (κ1) is 17.1. The van der Waals surface area contributed by atoms with E-state index in [9.17, 15) is 9.59 Å². The minimum atomic E-state index is -1.35. The molecule has 0 aromatic heterocycles. The van der Waals surface area contributed by atoms with Gasteiger partial charge in [0, 0.05) is 23.7 Å². The van der Waals surface area contributed by atoms with Gasteiger partial charge in [-0.05, 0) is 32.0 Å². The lowest BCUT2D eigenvalue weighted by molar-refractivity contribution is -0.124. The summed E-state index contributed by atoms with van der Waals surface area (Å²) in [6.07, 6.45) is 0.788. The molecule has 3 heterocycles. The molecule has 1 saturated heterocycles. The first-order valence-corrected chi connectivity index (χ1v) is 9.38. The standard InChI is InChI=1S/C21H21N3O4/c1-20(2)19(26)24(13-7-4-3-5-8-13)21(23-20)14-11-16-17(28-10-6-9-27-16)12-15(14)22-18(21)25/h3-5,7-8,11-12,23H,6,9-10H2,1-2H3,(H,22,25). The minimum Gasteiger partial charge on any atom is -0.490 e. The second-order valence-electron chi connectivity index (χ2n) is 7.79. The lowest BCUT2D eigenvalue weighted by Gasteiger charge is -2.33. The largest absolute Gasteiger partial charge is 0.490 e. The molecule has 0 bridgehead atoms. The van der Waals surface area contributed by atoms with Crippen LogP contribution in [0.2, 0.25) is 0 Å². The number of carbonyl (C=O) groups is 2. The van der Waals surface area contributed by atoms with Crippen LogP contribution >= 0.6 is 0 Å². The monoisotopic (exact) mass is 379 g/mol. The van der Waals surface area contributed by atoms with E-state index in [1.54, 1.807) is 24.8 Å². The van der Waals surface area contributed by atoms with Crippen molar-refractivity contribution in [3.05, 3.63) is 48.0 Å². The van der Waals surface area contributed by atoms with E-state index in [0.717, 1.165) is 6.42 Å². The Morgan fingerprint density at radius 3 is 2.39 bits per heavy atom. The summed E-state index contributed by atoms with van der Waals surface area (Å²) in [5, 5.41) is 6.23. The van der Waals surface area contributed by atoms with E-state index >= 15 is 0 Å². The third kappa shape index (κ3) is 2.19. The van der Waals surface area contributed by atoms with Crippen LogP contribution in [0.4, 0.5) is 11.4 Å². The second-order valence-corrected chi connectivity index (χ2v) is 7.79. The number of amides is 2. The normalized spacial score (nSPS) is 24.9. The summed E-state index contributed by atoms with van der Waals surface area (Å²) in [6.45, 7) is 4.67. The molecule has 2 aromatic rings. The molecule has 0 aliphatic carbocycles. The Bertz CT molecular complexity index is 989. The zero-order valence-corrected chi connectivity index (χ0v) is 15.7. The van der Waals surface area contributed by atoms with Crippen molar-refractivity contribution in [3.63, 3.8) is 0 Å². The summed E-state index contributed by atoms with van der Waals surface area (Å²) in [6, 6.07) is 12.8. The molecule has 3 aliphatic rings. The molecule has 0 saturated carbocycles. The van der Waals surface area contributed by atoms with Gasteiger partial charge in [-0.1, -0.05) is 18.2 Å². The molecule has 144 valence electrons. The summed E-state index contributed by atoms with van der Waals surface area (Å²) in [5.41, 5.74) is -0.334. The Kier molecular flexibility index (Phi) is 3.49. The van der Waals surface area contributed by atoms with Crippen LogP contribution in [0, 0.1) is 0 Å². The number of ether oxygens (including phenoxy) is 2. The molecule has 2 N–H and O–H groups in total. The number of nitrogens with one attached hydrogen (secondary N) is 2. The number of hydrogen-bond donors (Lipinski definition) is 2. The van der Waals surface area contributed by atoms with Crippen LogP contribution < -0.4 is 25.0 Å². The van der Waals surface area contributed by atoms with Crippen molar-refractivity contribution < 1.29 is 19.1 Å². The van der Waals surface area contributed by atoms with Crippen LogP contribution in [-0.2, 0) is 15.3 Å². The number of anilines is 2. The Balaban J connectivity index is 1.74. The van der Waals surface area contributed by atoms with E-state index in [4.69, 9.17) is 9.47 Å². The topological polar surface area (TPSA) is 79.9 Å². The second kappa shape index (κ2) is 5.72. The van der Waals surface area contributed by atoms with Crippen LogP contribution in [0.5, 0.6) is 11.5 Å². The maximum atomic E-state index is 13.3. The van der Waals surface area contributed by atoms with Crippen molar-refractivity contribution in [2.75, 3.05) is 23.4 Å². The maximum absolute atomic E-state index is 13.3. The van der Waals surface area contributed by atoms with Crippen molar-refractivity contribution in [3.8, 4) is 11.5 Å². The van der Waals surface area contributed by atoms with Crippen molar-refractivity contribution >= 4 is 23.2 Å². The summed E-state index contributed by atoms with van der Waals surface area (Å²) < 4.78 is 11.6. The van der Waals surface area contributed by atoms with Crippen LogP contribution in [0.1, 0.15) is 25.8 Å². The number of para-hydroxylation sites is 1. The lowest BCUT2D eigenvalue weighted by Crippen LogP contribution is -2.56. The van der Waals surface area contributed by atoms with Gasteiger partial charge in [0.2, 0.25) is 11.6 Å². The lowest BCUT2D eigenvalue weighted by atomic mass is 9.98. The van der Waals surface area contributed by atoms with Gasteiger partial charge in [0.05, 0.1) is 24.4 Å². The molecular formula is C21H21N3O4. The summed E-state index contributed by atoms with van der Waals surface area (Å²) in [5.74, 6) is 0.710. The first-order valence-electron chi connectivity index (χ1n) is 9.38. The Morgan fingerprint density at radius 2 is 1.68 bits per heavy atom. The number of nitrogens with zero attached hydrogens (tertiary/aromatic N) is 1. The summed E-state index contributed by atoms with van der Waals surface area (Å²) >= 11 is 0. The molecule has 0 radical (unpaired) electrons. The fraction of sp³-hybridized carbons (Fsp3) is 0.333. The average molecular weight is 379 g/mol. The SMILES string of the molecule is CC1(C)NC2(C(=O)Nc3cc4c(cc32)OCCCO4)N(c2ccccc2)C1=O. The van der Waals surface area contributed by atoms with Gasteiger partial charge in [-0.3, -0.25) is 19.8 Å². The number of hydrogen-bond acceptors (Lipinski definition) is 5. The van der Waals surface area contributed by atoms with Crippen LogP contribution in [0.3, 0.4) is 0 Å². The molecule has 7 heteroatoms. The van der Waals surface area contributed by atoms with Gasteiger partial charge < -0.3 is 14.8 Å². The van der Waals surface area contributed by atoms with Gasteiger partial charge in [-0.2, -0.15) is 0 Å². The molecule has 28 heavy (non-hydrogen) atoms. The zero-order chi connectivity index (χ0) is 19.5. The van der Waals surface area contributed by atoms with Gasteiger partial charge in [-0.15, -0.1) is 0 Å². The van der Waals surface area contributed by atoms with E-state index in [1.165, 1.54) is 0 Å². The van der Waals surface area contributed by atoms with E-state index in [0.29, 0.717) is 41.7 Å². The number of fused-ring (bicyclic) bond motifs is 3. The molecule has 1 unspecified atom stereocenters. The fourth-order valence-electron chi connectivity index (χ4n) is 4.17. The fourth-order valence-corrected chi connectivity index (χ4v) is 4.17. The molecule has 2 aromatic carbocycles. The average Bonchev–Trinajstić information content (AvgIpc) is 2.93. The summed E-state index contributed by atoms with van der Waals surface area (Å²) in [7, 11) is 0. The highest BCUT2D eigenvalue weighted by atomic mass is 16.5. The van der Waals surface area contributed by atoms with Crippen molar-refractivity contribution in [1.29, 1.82) is 0 Å². The van der Waals surface area contributed by atoms with E-state index < -0.39 is 11.2 Å². The third-order valence-corrected chi connectivity index (χ3v) is 5.44. The third-order valence-electron chi connectivity index (χ3n) is 5.44. The summed E-state index contributed by atoms with van der Waals surface area (Å²) in [4.78, 5) is 28.2. The zero-order valence-electron chi connectivity index (χ0n) is 15.7. The molecule has 1 fully saturated rings. The molecule has 1 spiro atoms. The molecule has 1 atom stereocenters. The number of carbonyl (C=O) groups excluding carboxylic acids is 2. The van der Waals surface area contributed by atoms with Gasteiger partial charge in [0.1, 0.15) is 0 Å². The van der Waals surface area contributed by atoms with Crippen molar-refractivity contribution in [1.82, 2.24) is 5.32 Å². The minimum absolute atomic E-state index is 0.172. The smallest absolute Gasteiger partial charge is 0.270 e. The number of benzene rings is 2. The Morgan fingerprint density at radius 1 is 1.00 bits per heavy atom. The first-order chi connectivity index (χ1) is 13.4. The molecular weight excluding hydrogens is 358 g/mol. The van der Waals surface area contributed by atoms with Gasteiger partial charge in [0.25, 0.3) is 5.91 Å². The van der Waals surface area contributed by atoms with Gasteiger partial charge in [-0.25, -0.2) is 0 Å².